The first-order valence-corrected chi connectivity index (χ1v) is 5.81. The van der Waals surface area contributed by atoms with E-state index in [1.165, 1.54) is 0 Å². The molecule has 0 aliphatic carbocycles. The van der Waals surface area contributed by atoms with Crippen molar-refractivity contribution in [3.63, 3.8) is 0 Å². The van der Waals surface area contributed by atoms with E-state index in [1.807, 2.05) is 6.07 Å². The molecule has 2 heterocycles. The van der Waals surface area contributed by atoms with Crippen LogP contribution in [0.2, 0.25) is 0 Å². The number of nitrogen functional groups attached to an aromatic ring is 1. The SMILES string of the molecule is N#Cc1oc2ccccc2c1Oc1nc(NN)ncc1F. The number of ether oxygens (including phenoxy) is 1. The monoisotopic (exact) mass is 285 g/mol. The molecule has 8 heteroatoms. The number of rotatable bonds is 3. The van der Waals surface area contributed by atoms with Gasteiger partial charge in [-0.2, -0.15) is 14.6 Å². The number of nitrogens with two attached hydrogens (primary N) is 1. The van der Waals surface area contributed by atoms with Crippen molar-refractivity contribution < 1.29 is 13.5 Å². The van der Waals surface area contributed by atoms with Crippen molar-refractivity contribution in [2.24, 2.45) is 5.84 Å². The number of hydrazine groups is 1. The van der Waals surface area contributed by atoms with E-state index in [0.29, 0.717) is 11.0 Å². The van der Waals surface area contributed by atoms with Gasteiger partial charge in [0.1, 0.15) is 11.7 Å². The molecular weight excluding hydrogens is 277 g/mol. The van der Waals surface area contributed by atoms with Crippen LogP contribution in [0.5, 0.6) is 11.6 Å². The quantitative estimate of drug-likeness (QED) is 0.561. The second kappa shape index (κ2) is 5.07. The number of anilines is 1. The van der Waals surface area contributed by atoms with E-state index < -0.39 is 5.82 Å². The van der Waals surface area contributed by atoms with Gasteiger partial charge < -0.3 is 9.15 Å². The molecule has 104 valence electrons. The zero-order valence-corrected chi connectivity index (χ0v) is 10.5. The number of hydrogen-bond donors (Lipinski definition) is 2. The van der Waals surface area contributed by atoms with E-state index in [4.69, 9.17) is 20.3 Å². The van der Waals surface area contributed by atoms with E-state index in [2.05, 4.69) is 15.4 Å². The summed E-state index contributed by atoms with van der Waals surface area (Å²) in [5.74, 6) is 4.02. The second-order valence-corrected chi connectivity index (χ2v) is 3.96. The highest BCUT2D eigenvalue weighted by atomic mass is 19.1. The summed E-state index contributed by atoms with van der Waals surface area (Å²) in [5.41, 5.74) is 2.64. The third kappa shape index (κ3) is 2.22. The van der Waals surface area contributed by atoms with Crippen LogP contribution in [0.25, 0.3) is 11.0 Å². The van der Waals surface area contributed by atoms with Crippen LogP contribution < -0.4 is 16.0 Å². The zero-order chi connectivity index (χ0) is 14.8. The minimum absolute atomic E-state index is 0.0160. The molecule has 0 aliphatic rings. The summed E-state index contributed by atoms with van der Waals surface area (Å²) in [7, 11) is 0. The maximum absolute atomic E-state index is 13.7. The molecule has 0 amide bonds. The average Bonchev–Trinajstić information content (AvgIpc) is 2.87. The highest BCUT2D eigenvalue weighted by Crippen LogP contribution is 2.35. The summed E-state index contributed by atoms with van der Waals surface area (Å²) < 4.78 is 24.4. The second-order valence-electron chi connectivity index (χ2n) is 3.96. The Hall–Kier alpha value is -3.18. The van der Waals surface area contributed by atoms with Crippen molar-refractivity contribution in [1.82, 2.24) is 9.97 Å². The minimum atomic E-state index is -0.789. The van der Waals surface area contributed by atoms with Crippen LogP contribution in [0.3, 0.4) is 0 Å². The van der Waals surface area contributed by atoms with Gasteiger partial charge in [0.25, 0.3) is 5.88 Å². The van der Waals surface area contributed by atoms with E-state index in [9.17, 15) is 4.39 Å². The summed E-state index contributed by atoms with van der Waals surface area (Å²) in [6.07, 6.45) is 0.909. The Labute approximate surface area is 117 Å². The number of aromatic nitrogens is 2. The van der Waals surface area contributed by atoms with Crippen LogP contribution in [0.15, 0.2) is 34.9 Å². The minimum Gasteiger partial charge on any atom is -0.442 e. The van der Waals surface area contributed by atoms with Gasteiger partial charge in [0.2, 0.25) is 17.5 Å². The fourth-order valence-electron chi connectivity index (χ4n) is 1.79. The molecule has 0 radical (unpaired) electrons. The van der Waals surface area contributed by atoms with E-state index in [0.717, 1.165) is 6.20 Å². The summed E-state index contributed by atoms with van der Waals surface area (Å²) in [5, 5.41) is 9.62. The molecule has 1 aromatic carbocycles. The Morgan fingerprint density at radius 3 is 2.95 bits per heavy atom. The number of nitrogens with zero attached hydrogens (tertiary/aromatic N) is 3. The molecule has 3 rings (SSSR count). The lowest BCUT2D eigenvalue weighted by Crippen LogP contribution is -2.11. The summed E-state index contributed by atoms with van der Waals surface area (Å²) in [6, 6.07) is 8.71. The number of fused-ring (bicyclic) bond motifs is 1. The number of benzene rings is 1. The number of halogens is 1. The van der Waals surface area contributed by atoms with Crippen molar-refractivity contribution >= 4 is 16.9 Å². The fraction of sp³-hybridized carbons (Fsp3) is 0. The topological polar surface area (TPSA) is 110 Å². The molecule has 0 saturated carbocycles. The van der Waals surface area contributed by atoms with Gasteiger partial charge in [0.15, 0.2) is 5.75 Å². The molecule has 21 heavy (non-hydrogen) atoms. The van der Waals surface area contributed by atoms with Gasteiger partial charge in [-0.05, 0) is 12.1 Å². The third-order valence-corrected chi connectivity index (χ3v) is 2.69. The van der Waals surface area contributed by atoms with E-state index >= 15 is 0 Å². The van der Waals surface area contributed by atoms with Gasteiger partial charge in [0.05, 0.1) is 11.6 Å². The molecule has 3 N–H and O–H groups in total. The summed E-state index contributed by atoms with van der Waals surface area (Å²) in [4.78, 5) is 7.35. The van der Waals surface area contributed by atoms with Gasteiger partial charge in [-0.15, -0.1) is 0 Å². The fourth-order valence-corrected chi connectivity index (χ4v) is 1.79. The Kier molecular flexibility index (Phi) is 3.10. The third-order valence-electron chi connectivity index (χ3n) is 2.69. The molecule has 0 saturated heterocycles. The van der Waals surface area contributed by atoms with Crippen molar-refractivity contribution in [1.29, 1.82) is 5.26 Å². The number of para-hydroxylation sites is 1. The van der Waals surface area contributed by atoms with Gasteiger partial charge in [-0.3, -0.25) is 5.43 Å². The van der Waals surface area contributed by atoms with Gasteiger partial charge in [-0.1, -0.05) is 12.1 Å². The Bertz CT molecular complexity index is 855. The first kappa shape index (κ1) is 12.8. The maximum atomic E-state index is 13.7. The van der Waals surface area contributed by atoms with Crippen LogP contribution in [0.1, 0.15) is 5.76 Å². The molecule has 0 fully saturated rings. The predicted molar refractivity (Wildman–Crippen MR) is 70.8 cm³/mol. The molecule has 0 aliphatic heterocycles. The first-order valence-electron chi connectivity index (χ1n) is 5.81. The molecule has 0 spiro atoms. The molecule has 2 aromatic heterocycles. The molecule has 7 nitrogen and oxygen atoms in total. The molecule has 0 bridgehead atoms. The zero-order valence-electron chi connectivity index (χ0n) is 10.5. The van der Waals surface area contributed by atoms with Gasteiger partial charge in [0, 0.05) is 0 Å². The van der Waals surface area contributed by atoms with Crippen molar-refractivity contribution in [3.05, 3.63) is 42.0 Å². The van der Waals surface area contributed by atoms with Crippen molar-refractivity contribution in [2.75, 3.05) is 5.43 Å². The van der Waals surface area contributed by atoms with Gasteiger partial charge in [-0.25, -0.2) is 10.8 Å². The van der Waals surface area contributed by atoms with E-state index in [1.54, 1.807) is 24.3 Å². The predicted octanol–water partition coefficient (Wildman–Crippen LogP) is 2.31. The maximum Gasteiger partial charge on any atom is 0.261 e. The number of nitrogens with one attached hydrogen (secondary N) is 1. The highest BCUT2D eigenvalue weighted by Gasteiger charge is 2.19. The van der Waals surface area contributed by atoms with Crippen molar-refractivity contribution in [3.8, 4) is 17.7 Å². The smallest absolute Gasteiger partial charge is 0.261 e. The molecule has 0 atom stereocenters. The summed E-state index contributed by atoms with van der Waals surface area (Å²) >= 11 is 0. The molecule has 0 unspecified atom stereocenters. The standard InChI is InChI=1S/C13H8FN5O2/c14-8-6-17-13(19-16)18-12(8)21-11-7-3-1-2-4-9(7)20-10(11)5-15/h1-4,6H,16H2,(H,17,18,19). The highest BCUT2D eigenvalue weighted by molar-refractivity contribution is 5.86. The lowest BCUT2D eigenvalue weighted by Gasteiger charge is -2.05. The van der Waals surface area contributed by atoms with Crippen LogP contribution in [-0.4, -0.2) is 9.97 Å². The van der Waals surface area contributed by atoms with Crippen LogP contribution in [0, 0.1) is 17.1 Å². The Morgan fingerprint density at radius 2 is 2.19 bits per heavy atom. The van der Waals surface area contributed by atoms with E-state index in [-0.39, 0.29) is 23.3 Å². The Balaban J connectivity index is 2.12. The Morgan fingerprint density at radius 1 is 1.38 bits per heavy atom. The number of hydrogen-bond acceptors (Lipinski definition) is 7. The molecular formula is C13H8FN5O2. The average molecular weight is 285 g/mol. The molecule has 3 aromatic rings. The normalized spacial score (nSPS) is 10.3. The number of nitriles is 1. The lowest BCUT2D eigenvalue weighted by molar-refractivity contribution is 0.414. The largest absolute Gasteiger partial charge is 0.442 e. The van der Waals surface area contributed by atoms with Crippen LogP contribution in [0.4, 0.5) is 10.3 Å². The first-order chi connectivity index (χ1) is 10.2. The lowest BCUT2D eigenvalue weighted by atomic mass is 10.2. The summed E-state index contributed by atoms with van der Waals surface area (Å²) in [6.45, 7) is 0. The number of furan rings is 1. The van der Waals surface area contributed by atoms with Crippen LogP contribution >= 0.6 is 0 Å². The van der Waals surface area contributed by atoms with Crippen LogP contribution in [-0.2, 0) is 0 Å². The van der Waals surface area contributed by atoms with Crippen molar-refractivity contribution in [2.45, 2.75) is 0 Å². The van der Waals surface area contributed by atoms with Gasteiger partial charge >= 0.3 is 0 Å².